The summed E-state index contributed by atoms with van der Waals surface area (Å²) in [6, 6.07) is 13.5. The molecule has 0 atom stereocenters. The van der Waals surface area contributed by atoms with Crippen molar-refractivity contribution < 1.29 is 14.3 Å². The van der Waals surface area contributed by atoms with Crippen LogP contribution in [0.25, 0.3) is 11.0 Å². The number of esters is 1. The Balaban J connectivity index is 2.10. The summed E-state index contributed by atoms with van der Waals surface area (Å²) in [5, 5.41) is 0.700. The fourth-order valence-electron chi connectivity index (χ4n) is 3.14. The third-order valence-electron chi connectivity index (χ3n) is 4.66. The molecule has 0 saturated carbocycles. The minimum Gasteiger partial charge on any atom is -0.497 e. The highest BCUT2D eigenvalue weighted by Crippen LogP contribution is 2.29. The predicted molar refractivity (Wildman–Crippen MR) is 106 cm³/mol. The lowest BCUT2D eigenvalue weighted by molar-refractivity contribution is -0.150. The maximum atomic E-state index is 12.2. The van der Waals surface area contributed by atoms with Crippen molar-refractivity contribution in [1.82, 2.24) is 9.55 Å². The van der Waals surface area contributed by atoms with Gasteiger partial charge in [0.05, 0.1) is 37.2 Å². The molecule has 0 amide bonds. The number of imidazole rings is 1. The van der Waals surface area contributed by atoms with Crippen LogP contribution in [0.15, 0.2) is 42.5 Å². The van der Waals surface area contributed by atoms with Crippen LogP contribution >= 0.6 is 11.6 Å². The molecule has 27 heavy (non-hydrogen) atoms. The van der Waals surface area contributed by atoms with Gasteiger partial charge in [-0.25, -0.2) is 4.98 Å². The molecule has 0 unspecified atom stereocenters. The van der Waals surface area contributed by atoms with Crippen LogP contribution in [0.2, 0.25) is 5.02 Å². The molecule has 0 aliphatic heterocycles. The zero-order valence-electron chi connectivity index (χ0n) is 16.0. The number of carbonyl (C=O) groups excluding carboxylic acids is 1. The lowest BCUT2D eigenvalue weighted by Gasteiger charge is -2.21. The Morgan fingerprint density at radius 1 is 1.19 bits per heavy atom. The second kappa shape index (κ2) is 7.61. The maximum Gasteiger partial charge on any atom is 0.311 e. The van der Waals surface area contributed by atoms with Crippen LogP contribution in [0, 0.1) is 5.41 Å². The second-order valence-corrected chi connectivity index (χ2v) is 7.52. The molecule has 0 N–H and O–H groups in total. The zero-order valence-corrected chi connectivity index (χ0v) is 16.7. The van der Waals surface area contributed by atoms with Gasteiger partial charge in [-0.15, -0.1) is 0 Å². The van der Waals surface area contributed by atoms with E-state index in [1.54, 1.807) is 7.11 Å². The number of rotatable bonds is 6. The summed E-state index contributed by atoms with van der Waals surface area (Å²) >= 11 is 6.37. The van der Waals surface area contributed by atoms with E-state index in [2.05, 4.69) is 4.57 Å². The second-order valence-electron chi connectivity index (χ2n) is 7.11. The van der Waals surface area contributed by atoms with E-state index in [-0.39, 0.29) is 5.97 Å². The summed E-state index contributed by atoms with van der Waals surface area (Å²) < 4.78 is 12.4. The first-order valence-corrected chi connectivity index (χ1v) is 9.08. The van der Waals surface area contributed by atoms with E-state index in [9.17, 15) is 4.79 Å². The summed E-state index contributed by atoms with van der Waals surface area (Å²) in [4.78, 5) is 17.0. The van der Waals surface area contributed by atoms with Gasteiger partial charge in [0.2, 0.25) is 0 Å². The van der Waals surface area contributed by atoms with Gasteiger partial charge in [-0.2, -0.15) is 0 Å². The van der Waals surface area contributed by atoms with E-state index in [1.165, 1.54) is 7.11 Å². The summed E-state index contributed by atoms with van der Waals surface area (Å²) in [5.74, 6) is 1.27. The molecule has 1 aromatic heterocycles. The molecule has 6 heteroatoms. The third kappa shape index (κ3) is 3.93. The standard InChI is InChI=1S/C21H23ClN2O3/c1-21(2,20(25)27-4)12-19-23-17-11-15(26-3)9-10-18(17)24(19)13-14-7-5-6-8-16(14)22/h5-11H,12-13H2,1-4H3. The molecule has 0 fully saturated rings. The Hall–Kier alpha value is -2.53. The number of carbonyl (C=O) groups is 1. The molecule has 0 aliphatic carbocycles. The fourth-order valence-corrected chi connectivity index (χ4v) is 3.33. The number of aromatic nitrogens is 2. The van der Waals surface area contributed by atoms with Crippen LogP contribution < -0.4 is 4.74 Å². The number of fused-ring (bicyclic) bond motifs is 1. The Kier molecular flexibility index (Phi) is 5.42. The summed E-state index contributed by atoms with van der Waals surface area (Å²) in [5.41, 5.74) is 2.08. The van der Waals surface area contributed by atoms with Crippen LogP contribution in [-0.2, 0) is 22.5 Å². The number of methoxy groups -OCH3 is 2. The van der Waals surface area contributed by atoms with Crippen molar-refractivity contribution in [3.63, 3.8) is 0 Å². The first-order chi connectivity index (χ1) is 12.9. The van der Waals surface area contributed by atoms with Crippen molar-refractivity contribution in [2.45, 2.75) is 26.8 Å². The smallest absolute Gasteiger partial charge is 0.311 e. The largest absolute Gasteiger partial charge is 0.497 e. The zero-order chi connectivity index (χ0) is 19.6. The van der Waals surface area contributed by atoms with Gasteiger partial charge in [0.1, 0.15) is 11.6 Å². The van der Waals surface area contributed by atoms with Crippen molar-refractivity contribution >= 4 is 28.6 Å². The molecule has 2 aromatic carbocycles. The highest BCUT2D eigenvalue weighted by molar-refractivity contribution is 6.31. The fraction of sp³-hybridized carbons (Fsp3) is 0.333. The predicted octanol–water partition coefficient (Wildman–Crippen LogP) is 4.49. The molecule has 3 rings (SSSR count). The molecular formula is C21H23ClN2O3. The van der Waals surface area contributed by atoms with Crippen LogP contribution in [0.5, 0.6) is 5.75 Å². The van der Waals surface area contributed by atoms with Crippen LogP contribution in [-0.4, -0.2) is 29.7 Å². The Morgan fingerprint density at radius 2 is 1.93 bits per heavy atom. The summed E-state index contributed by atoms with van der Waals surface area (Å²) in [6.07, 6.45) is 0.446. The topological polar surface area (TPSA) is 53.4 Å². The number of benzene rings is 2. The van der Waals surface area contributed by atoms with Crippen LogP contribution in [0.4, 0.5) is 0 Å². The molecule has 3 aromatic rings. The quantitative estimate of drug-likeness (QED) is 0.586. The monoisotopic (exact) mass is 386 g/mol. The SMILES string of the molecule is COC(=O)C(C)(C)Cc1nc2cc(OC)ccc2n1Cc1ccccc1Cl. The van der Waals surface area contributed by atoms with Crippen molar-refractivity contribution in [1.29, 1.82) is 0 Å². The van der Waals surface area contributed by atoms with Crippen molar-refractivity contribution in [2.24, 2.45) is 5.41 Å². The molecule has 0 aliphatic rings. The number of halogens is 1. The van der Waals surface area contributed by atoms with Gasteiger partial charge in [0, 0.05) is 17.5 Å². The lowest BCUT2D eigenvalue weighted by Crippen LogP contribution is -2.29. The Morgan fingerprint density at radius 3 is 2.59 bits per heavy atom. The maximum absolute atomic E-state index is 12.2. The summed E-state index contributed by atoms with van der Waals surface area (Å²) in [7, 11) is 3.03. The van der Waals surface area contributed by atoms with E-state index in [0.29, 0.717) is 18.0 Å². The minimum absolute atomic E-state index is 0.267. The van der Waals surface area contributed by atoms with Crippen molar-refractivity contribution in [3.8, 4) is 5.75 Å². The average molecular weight is 387 g/mol. The first-order valence-electron chi connectivity index (χ1n) is 8.70. The van der Waals surface area contributed by atoms with Gasteiger partial charge in [-0.3, -0.25) is 4.79 Å². The molecule has 0 spiro atoms. The Labute approximate surface area is 163 Å². The first kappa shape index (κ1) is 19.2. The molecule has 0 bridgehead atoms. The van der Waals surface area contributed by atoms with E-state index in [1.807, 2.05) is 56.3 Å². The molecule has 5 nitrogen and oxygen atoms in total. The van der Waals surface area contributed by atoms with Crippen LogP contribution in [0.1, 0.15) is 25.2 Å². The molecule has 0 radical (unpaired) electrons. The van der Waals surface area contributed by atoms with Crippen molar-refractivity contribution in [2.75, 3.05) is 14.2 Å². The van der Waals surface area contributed by atoms with Gasteiger partial charge >= 0.3 is 5.97 Å². The highest BCUT2D eigenvalue weighted by atomic mass is 35.5. The number of hydrogen-bond acceptors (Lipinski definition) is 4. The average Bonchev–Trinajstić information content (AvgIpc) is 2.98. The molecule has 1 heterocycles. The Bertz CT molecular complexity index is 979. The summed E-state index contributed by atoms with van der Waals surface area (Å²) in [6.45, 7) is 4.28. The number of ether oxygens (including phenoxy) is 2. The van der Waals surface area contributed by atoms with Gasteiger partial charge < -0.3 is 14.0 Å². The van der Waals surface area contributed by atoms with Gasteiger partial charge in [-0.1, -0.05) is 29.8 Å². The minimum atomic E-state index is -0.696. The van der Waals surface area contributed by atoms with Gasteiger partial charge in [0.25, 0.3) is 0 Å². The lowest BCUT2D eigenvalue weighted by atomic mass is 9.89. The normalized spacial score (nSPS) is 11.6. The van der Waals surface area contributed by atoms with Crippen LogP contribution in [0.3, 0.4) is 0 Å². The third-order valence-corrected chi connectivity index (χ3v) is 5.03. The molecular weight excluding hydrogens is 364 g/mol. The van der Waals surface area contributed by atoms with Crippen molar-refractivity contribution in [3.05, 3.63) is 58.9 Å². The number of nitrogens with zero attached hydrogens (tertiary/aromatic N) is 2. The molecule has 142 valence electrons. The van der Waals surface area contributed by atoms with E-state index < -0.39 is 5.41 Å². The van der Waals surface area contributed by atoms with Gasteiger partial charge in [-0.05, 0) is 37.6 Å². The molecule has 0 saturated heterocycles. The van der Waals surface area contributed by atoms with E-state index in [0.717, 1.165) is 28.2 Å². The van der Waals surface area contributed by atoms with Gasteiger partial charge in [0.15, 0.2) is 0 Å². The number of hydrogen-bond donors (Lipinski definition) is 0. The van der Waals surface area contributed by atoms with E-state index >= 15 is 0 Å². The highest BCUT2D eigenvalue weighted by Gasteiger charge is 2.31. The van der Waals surface area contributed by atoms with E-state index in [4.69, 9.17) is 26.1 Å².